The van der Waals surface area contributed by atoms with Crippen molar-refractivity contribution < 1.29 is 14.7 Å². The van der Waals surface area contributed by atoms with Gasteiger partial charge in [-0.1, -0.05) is 23.7 Å². The van der Waals surface area contributed by atoms with Gasteiger partial charge in [0.05, 0.1) is 0 Å². The van der Waals surface area contributed by atoms with Gasteiger partial charge in [-0.2, -0.15) is 0 Å². The number of benzene rings is 1. The van der Waals surface area contributed by atoms with Gasteiger partial charge >= 0.3 is 5.97 Å². The highest BCUT2D eigenvalue weighted by molar-refractivity contribution is 6.30. The van der Waals surface area contributed by atoms with Gasteiger partial charge in [-0.15, -0.1) is 0 Å². The molecular formula is C11H10ClNO3. The first kappa shape index (κ1) is 11.0. The van der Waals surface area contributed by atoms with Crippen molar-refractivity contribution in [1.82, 2.24) is 5.32 Å². The van der Waals surface area contributed by atoms with Gasteiger partial charge < -0.3 is 10.4 Å². The SMILES string of the molecule is O=C1C[C@H](c2ccc(Cl)cc2)[C@H](C(=O)O)N1. The van der Waals surface area contributed by atoms with Crippen molar-refractivity contribution in [3.63, 3.8) is 0 Å². The van der Waals surface area contributed by atoms with Crippen molar-refractivity contribution in [2.45, 2.75) is 18.4 Å². The molecule has 1 aromatic carbocycles. The molecule has 1 saturated heterocycles. The molecular weight excluding hydrogens is 230 g/mol. The number of carbonyl (C=O) groups excluding carboxylic acids is 1. The zero-order valence-corrected chi connectivity index (χ0v) is 9.07. The first-order chi connectivity index (χ1) is 7.58. The van der Waals surface area contributed by atoms with E-state index in [4.69, 9.17) is 16.7 Å². The summed E-state index contributed by atoms with van der Waals surface area (Å²) in [6.45, 7) is 0. The van der Waals surface area contributed by atoms with Crippen molar-refractivity contribution in [2.24, 2.45) is 0 Å². The number of hydrogen-bond acceptors (Lipinski definition) is 2. The minimum atomic E-state index is -1.01. The molecule has 0 spiro atoms. The van der Waals surface area contributed by atoms with Crippen LogP contribution in [0.1, 0.15) is 17.9 Å². The topological polar surface area (TPSA) is 66.4 Å². The number of nitrogens with one attached hydrogen (secondary N) is 1. The van der Waals surface area contributed by atoms with E-state index in [-0.39, 0.29) is 18.2 Å². The molecule has 1 aliphatic heterocycles. The van der Waals surface area contributed by atoms with Gasteiger partial charge in [-0.3, -0.25) is 4.79 Å². The van der Waals surface area contributed by atoms with Crippen LogP contribution >= 0.6 is 11.6 Å². The van der Waals surface area contributed by atoms with Crippen LogP contribution in [0.2, 0.25) is 5.02 Å². The van der Waals surface area contributed by atoms with Crippen LogP contribution in [0.3, 0.4) is 0 Å². The Labute approximate surface area is 97.2 Å². The maximum Gasteiger partial charge on any atom is 0.326 e. The van der Waals surface area contributed by atoms with Crippen LogP contribution in [0.4, 0.5) is 0 Å². The van der Waals surface area contributed by atoms with E-state index >= 15 is 0 Å². The molecule has 4 nitrogen and oxygen atoms in total. The first-order valence-corrected chi connectivity index (χ1v) is 5.23. The van der Waals surface area contributed by atoms with Crippen LogP contribution in [0, 0.1) is 0 Å². The van der Waals surface area contributed by atoms with E-state index in [0.717, 1.165) is 5.56 Å². The number of amides is 1. The third-order valence-corrected chi connectivity index (χ3v) is 2.94. The third-order valence-electron chi connectivity index (χ3n) is 2.69. The van der Waals surface area contributed by atoms with Gasteiger partial charge in [0.15, 0.2) is 0 Å². The average molecular weight is 240 g/mol. The summed E-state index contributed by atoms with van der Waals surface area (Å²) < 4.78 is 0. The maximum atomic E-state index is 11.2. The van der Waals surface area contributed by atoms with Crippen molar-refractivity contribution >= 4 is 23.5 Å². The molecule has 1 heterocycles. The zero-order valence-electron chi connectivity index (χ0n) is 8.31. The lowest BCUT2D eigenvalue weighted by Gasteiger charge is -2.14. The van der Waals surface area contributed by atoms with Crippen LogP contribution in [0.25, 0.3) is 0 Å². The van der Waals surface area contributed by atoms with Crippen molar-refractivity contribution in [3.8, 4) is 0 Å². The fourth-order valence-electron chi connectivity index (χ4n) is 1.90. The fraction of sp³-hybridized carbons (Fsp3) is 0.273. The first-order valence-electron chi connectivity index (χ1n) is 4.85. The lowest BCUT2D eigenvalue weighted by atomic mass is 9.92. The van der Waals surface area contributed by atoms with E-state index < -0.39 is 12.0 Å². The lowest BCUT2D eigenvalue weighted by Crippen LogP contribution is -2.35. The Balaban J connectivity index is 2.28. The van der Waals surface area contributed by atoms with Crippen molar-refractivity contribution in [2.75, 3.05) is 0 Å². The lowest BCUT2D eigenvalue weighted by molar-refractivity contribution is -0.140. The Hall–Kier alpha value is -1.55. The molecule has 1 aromatic rings. The van der Waals surface area contributed by atoms with Crippen molar-refractivity contribution in [1.29, 1.82) is 0 Å². The van der Waals surface area contributed by atoms with Gasteiger partial charge in [-0.25, -0.2) is 4.79 Å². The number of carbonyl (C=O) groups is 2. The van der Waals surface area contributed by atoms with E-state index in [1.54, 1.807) is 24.3 Å². The molecule has 1 amide bonds. The van der Waals surface area contributed by atoms with E-state index in [0.29, 0.717) is 5.02 Å². The highest BCUT2D eigenvalue weighted by Crippen LogP contribution is 2.29. The van der Waals surface area contributed by atoms with Crippen LogP contribution in [0.15, 0.2) is 24.3 Å². The summed E-state index contributed by atoms with van der Waals surface area (Å²) in [5, 5.41) is 12.0. The van der Waals surface area contributed by atoms with Crippen LogP contribution < -0.4 is 5.32 Å². The zero-order chi connectivity index (χ0) is 11.7. The molecule has 16 heavy (non-hydrogen) atoms. The molecule has 0 saturated carbocycles. The molecule has 0 radical (unpaired) electrons. The normalized spacial score (nSPS) is 24.2. The second-order valence-electron chi connectivity index (χ2n) is 3.75. The van der Waals surface area contributed by atoms with Crippen LogP contribution in [0.5, 0.6) is 0 Å². The Morgan fingerprint density at radius 2 is 2.00 bits per heavy atom. The van der Waals surface area contributed by atoms with Gasteiger partial charge in [-0.05, 0) is 17.7 Å². The van der Waals surface area contributed by atoms with Crippen LogP contribution in [-0.4, -0.2) is 23.0 Å². The second-order valence-corrected chi connectivity index (χ2v) is 4.18. The molecule has 0 bridgehead atoms. The van der Waals surface area contributed by atoms with Gasteiger partial charge in [0, 0.05) is 17.4 Å². The molecule has 0 aromatic heterocycles. The van der Waals surface area contributed by atoms with E-state index in [2.05, 4.69) is 5.32 Å². The summed E-state index contributed by atoms with van der Waals surface area (Å²) in [5.74, 6) is -1.56. The van der Waals surface area contributed by atoms with Crippen LogP contribution in [-0.2, 0) is 9.59 Å². The molecule has 2 rings (SSSR count). The van der Waals surface area contributed by atoms with Gasteiger partial charge in [0.2, 0.25) is 5.91 Å². The van der Waals surface area contributed by atoms with E-state index in [9.17, 15) is 9.59 Å². The number of halogens is 1. The summed E-state index contributed by atoms with van der Waals surface area (Å²) in [6, 6.07) is 6.05. The third kappa shape index (κ3) is 2.02. The standard InChI is InChI=1S/C11H10ClNO3/c12-7-3-1-6(2-4-7)8-5-9(14)13-10(8)11(15)16/h1-4,8,10H,5H2,(H,13,14)(H,15,16)/t8-,10-/m1/s1. The molecule has 2 N–H and O–H groups in total. The summed E-state index contributed by atoms with van der Waals surface area (Å²) in [5.41, 5.74) is 0.815. The minimum absolute atomic E-state index is 0.207. The van der Waals surface area contributed by atoms with Gasteiger partial charge in [0.1, 0.15) is 6.04 Å². The Morgan fingerprint density at radius 1 is 1.38 bits per heavy atom. The molecule has 1 aliphatic rings. The summed E-state index contributed by atoms with van der Waals surface area (Å²) in [6.07, 6.45) is 0.207. The second kappa shape index (κ2) is 4.14. The summed E-state index contributed by atoms with van der Waals surface area (Å²) in [4.78, 5) is 22.2. The van der Waals surface area contributed by atoms with Gasteiger partial charge in [0.25, 0.3) is 0 Å². The number of carboxylic acids is 1. The van der Waals surface area contributed by atoms with E-state index in [1.807, 2.05) is 0 Å². The Bertz CT molecular complexity index is 429. The van der Waals surface area contributed by atoms with E-state index in [1.165, 1.54) is 0 Å². The van der Waals surface area contributed by atoms with Crippen molar-refractivity contribution in [3.05, 3.63) is 34.9 Å². The predicted molar refractivity (Wildman–Crippen MR) is 58.4 cm³/mol. The molecule has 0 aliphatic carbocycles. The Morgan fingerprint density at radius 3 is 2.56 bits per heavy atom. The predicted octanol–water partition coefficient (Wildman–Crippen LogP) is 1.40. The highest BCUT2D eigenvalue weighted by Gasteiger charge is 2.38. The number of rotatable bonds is 2. The minimum Gasteiger partial charge on any atom is -0.480 e. The largest absolute Gasteiger partial charge is 0.480 e. The molecule has 2 atom stereocenters. The summed E-state index contributed by atoms with van der Waals surface area (Å²) >= 11 is 5.75. The number of hydrogen-bond donors (Lipinski definition) is 2. The maximum absolute atomic E-state index is 11.2. The quantitative estimate of drug-likeness (QED) is 0.820. The average Bonchev–Trinajstić information content (AvgIpc) is 2.61. The number of aliphatic carboxylic acids is 1. The fourth-order valence-corrected chi connectivity index (χ4v) is 2.03. The smallest absolute Gasteiger partial charge is 0.326 e. The highest BCUT2D eigenvalue weighted by atomic mass is 35.5. The molecule has 1 fully saturated rings. The number of carboxylic acid groups (broad SMARTS) is 1. The molecule has 0 unspecified atom stereocenters. The monoisotopic (exact) mass is 239 g/mol. The molecule has 84 valence electrons. The Kier molecular flexibility index (Phi) is 2.83. The molecule has 5 heteroatoms. The summed E-state index contributed by atoms with van der Waals surface area (Å²) in [7, 11) is 0.